The van der Waals surface area contributed by atoms with Crippen LogP contribution < -0.4 is 9.46 Å². The predicted molar refractivity (Wildman–Crippen MR) is 82.3 cm³/mol. The summed E-state index contributed by atoms with van der Waals surface area (Å²) in [5.74, 6) is 1.02. The zero-order valence-electron chi connectivity index (χ0n) is 13.1. The first kappa shape index (κ1) is 16.5. The lowest BCUT2D eigenvalue weighted by Crippen LogP contribution is -2.29. The first-order valence-electron chi connectivity index (χ1n) is 6.98. The van der Waals surface area contributed by atoms with E-state index in [1.165, 1.54) is 0 Å². The van der Waals surface area contributed by atoms with Crippen molar-refractivity contribution in [3.63, 3.8) is 0 Å². The number of methoxy groups -OCH3 is 1. The molecule has 1 atom stereocenters. The van der Waals surface area contributed by atoms with Crippen LogP contribution in [-0.2, 0) is 10.0 Å². The van der Waals surface area contributed by atoms with Crippen molar-refractivity contribution in [2.45, 2.75) is 38.1 Å². The molecule has 0 aliphatic carbocycles. The molecular formula is C15H20N2O4S. The van der Waals surface area contributed by atoms with Gasteiger partial charge in [0.1, 0.15) is 16.3 Å². The summed E-state index contributed by atoms with van der Waals surface area (Å²) in [6.07, 6.45) is 0.620. The molecule has 6 nitrogen and oxygen atoms in total. The third kappa shape index (κ3) is 3.31. The fourth-order valence-electron chi connectivity index (χ4n) is 2.33. The third-order valence-corrected chi connectivity index (χ3v) is 5.18. The van der Waals surface area contributed by atoms with Crippen LogP contribution in [0.1, 0.15) is 36.4 Å². The lowest BCUT2D eigenvalue weighted by Gasteiger charge is -2.17. The number of ether oxygens (including phenoxy) is 1. The molecule has 2 aromatic rings. The molecule has 120 valence electrons. The van der Waals surface area contributed by atoms with Gasteiger partial charge in [-0.05, 0) is 38.0 Å². The molecule has 22 heavy (non-hydrogen) atoms. The highest BCUT2D eigenvalue weighted by Gasteiger charge is 2.27. The van der Waals surface area contributed by atoms with E-state index in [1.54, 1.807) is 21.0 Å². The van der Waals surface area contributed by atoms with Crippen LogP contribution in [0, 0.1) is 13.8 Å². The van der Waals surface area contributed by atoms with E-state index < -0.39 is 10.0 Å². The molecule has 0 saturated carbocycles. The van der Waals surface area contributed by atoms with Gasteiger partial charge in [-0.3, -0.25) is 0 Å². The molecule has 1 aromatic heterocycles. The number of nitrogens with zero attached hydrogens (tertiary/aromatic N) is 1. The van der Waals surface area contributed by atoms with Gasteiger partial charge in [0.15, 0.2) is 5.76 Å². The van der Waals surface area contributed by atoms with Gasteiger partial charge in [0.25, 0.3) is 0 Å². The number of aryl methyl sites for hydroxylation is 2. The van der Waals surface area contributed by atoms with Crippen LogP contribution in [0.2, 0.25) is 0 Å². The van der Waals surface area contributed by atoms with Crippen LogP contribution in [0.3, 0.4) is 0 Å². The minimum absolute atomic E-state index is 0.111. The van der Waals surface area contributed by atoms with Crippen LogP contribution in [0.25, 0.3) is 0 Å². The van der Waals surface area contributed by atoms with Crippen molar-refractivity contribution in [1.29, 1.82) is 0 Å². The van der Waals surface area contributed by atoms with Gasteiger partial charge in [-0.25, -0.2) is 13.1 Å². The molecule has 1 heterocycles. The highest BCUT2D eigenvalue weighted by atomic mass is 32.2. The summed E-state index contributed by atoms with van der Waals surface area (Å²) in [5, 5.41) is 3.70. The average Bonchev–Trinajstić information content (AvgIpc) is 2.84. The fraction of sp³-hybridized carbons (Fsp3) is 0.400. The molecule has 0 aliphatic rings. The SMILES string of the molecule is CC[C@@H](NS(=O)(=O)c1c(C)noc1C)c1ccc(OC)cc1. The highest BCUT2D eigenvalue weighted by Crippen LogP contribution is 2.25. The lowest BCUT2D eigenvalue weighted by molar-refractivity contribution is 0.390. The Labute approximate surface area is 130 Å². The summed E-state index contributed by atoms with van der Waals surface area (Å²) < 4.78 is 37.9. The maximum Gasteiger partial charge on any atom is 0.246 e. The molecule has 0 saturated heterocycles. The Balaban J connectivity index is 2.29. The van der Waals surface area contributed by atoms with Crippen molar-refractivity contribution in [3.8, 4) is 5.75 Å². The second-order valence-electron chi connectivity index (χ2n) is 5.01. The van der Waals surface area contributed by atoms with Crippen LogP contribution >= 0.6 is 0 Å². The molecule has 0 radical (unpaired) electrons. The Hall–Kier alpha value is -1.86. The fourth-order valence-corrected chi connectivity index (χ4v) is 3.96. The van der Waals surface area contributed by atoms with Crippen molar-refractivity contribution in [2.75, 3.05) is 7.11 Å². The molecule has 0 spiro atoms. The van der Waals surface area contributed by atoms with Crippen LogP contribution in [0.4, 0.5) is 0 Å². The van der Waals surface area contributed by atoms with Crippen molar-refractivity contribution in [2.24, 2.45) is 0 Å². The first-order chi connectivity index (χ1) is 10.4. The van der Waals surface area contributed by atoms with E-state index in [2.05, 4.69) is 9.88 Å². The Morgan fingerprint density at radius 2 is 1.91 bits per heavy atom. The molecular weight excluding hydrogens is 304 g/mol. The van der Waals surface area contributed by atoms with Gasteiger partial charge in [0.05, 0.1) is 7.11 Å². The predicted octanol–water partition coefficient (Wildman–Crippen LogP) is 2.73. The minimum atomic E-state index is -3.69. The van der Waals surface area contributed by atoms with E-state index in [1.807, 2.05) is 31.2 Å². The molecule has 0 unspecified atom stereocenters. The number of hydrogen-bond donors (Lipinski definition) is 1. The van der Waals surface area contributed by atoms with E-state index in [4.69, 9.17) is 9.26 Å². The van der Waals surface area contributed by atoms with Gasteiger partial charge in [0.2, 0.25) is 10.0 Å². The number of sulfonamides is 1. The summed E-state index contributed by atoms with van der Waals surface area (Å²) in [6.45, 7) is 5.12. The second kappa shape index (κ2) is 6.50. The van der Waals surface area contributed by atoms with E-state index in [0.717, 1.165) is 11.3 Å². The summed E-state index contributed by atoms with van der Waals surface area (Å²) in [4.78, 5) is 0.111. The van der Waals surface area contributed by atoms with Gasteiger partial charge < -0.3 is 9.26 Å². The number of rotatable bonds is 6. The van der Waals surface area contributed by atoms with Gasteiger partial charge >= 0.3 is 0 Å². The van der Waals surface area contributed by atoms with E-state index in [9.17, 15) is 8.42 Å². The highest BCUT2D eigenvalue weighted by molar-refractivity contribution is 7.89. The van der Waals surface area contributed by atoms with Gasteiger partial charge in [0, 0.05) is 6.04 Å². The molecule has 0 bridgehead atoms. The van der Waals surface area contributed by atoms with Crippen molar-refractivity contribution < 1.29 is 17.7 Å². The van der Waals surface area contributed by atoms with Crippen LogP contribution in [0.5, 0.6) is 5.75 Å². The van der Waals surface area contributed by atoms with E-state index >= 15 is 0 Å². The Morgan fingerprint density at radius 3 is 2.36 bits per heavy atom. The molecule has 0 fully saturated rings. The zero-order chi connectivity index (χ0) is 16.3. The molecule has 0 amide bonds. The molecule has 1 aromatic carbocycles. The maximum atomic E-state index is 12.6. The first-order valence-corrected chi connectivity index (χ1v) is 8.46. The minimum Gasteiger partial charge on any atom is -0.497 e. The summed E-state index contributed by atoms with van der Waals surface area (Å²) >= 11 is 0. The largest absolute Gasteiger partial charge is 0.497 e. The van der Waals surface area contributed by atoms with Crippen molar-refractivity contribution >= 4 is 10.0 Å². The monoisotopic (exact) mass is 324 g/mol. The van der Waals surface area contributed by atoms with Crippen LogP contribution in [0.15, 0.2) is 33.7 Å². The smallest absolute Gasteiger partial charge is 0.246 e. The molecule has 1 N–H and O–H groups in total. The van der Waals surface area contributed by atoms with Gasteiger partial charge in [-0.1, -0.05) is 24.2 Å². The number of hydrogen-bond acceptors (Lipinski definition) is 5. The van der Waals surface area contributed by atoms with Crippen molar-refractivity contribution in [1.82, 2.24) is 9.88 Å². The third-order valence-electron chi connectivity index (χ3n) is 3.46. The molecule has 2 rings (SSSR count). The molecule has 0 aliphatic heterocycles. The summed E-state index contributed by atoms with van der Waals surface area (Å²) in [6, 6.07) is 6.99. The summed E-state index contributed by atoms with van der Waals surface area (Å²) in [7, 11) is -2.10. The average molecular weight is 324 g/mol. The van der Waals surface area contributed by atoms with E-state index in [-0.39, 0.29) is 16.7 Å². The Morgan fingerprint density at radius 1 is 1.27 bits per heavy atom. The van der Waals surface area contributed by atoms with Crippen molar-refractivity contribution in [3.05, 3.63) is 41.3 Å². The normalized spacial score (nSPS) is 13.1. The quantitative estimate of drug-likeness (QED) is 0.883. The number of nitrogens with one attached hydrogen (secondary N) is 1. The molecule has 7 heteroatoms. The van der Waals surface area contributed by atoms with Gasteiger partial charge in [-0.15, -0.1) is 0 Å². The topological polar surface area (TPSA) is 81.4 Å². The Kier molecular flexibility index (Phi) is 4.87. The van der Waals surface area contributed by atoms with E-state index in [0.29, 0.717) is 12.1 Å². The second-order valence-corrected chi connectivity index (χ2v) is 6.66. The van der Waals surface area contributed by atoms with Gasteiger partial charge in [-0.2, -0.15) is 0 Å². The lowest BCUT2D eigenvalue weighted by atomic mass is 10.1. The maximum absolute atomic E-state index is 12.6. The number of benzene rings is 1. The summed E-state index contributed by atoms with van der Waals surface area (Å²) in [5.41, 5.74) is 1.23. The number of aromatic nitrogens is 1. The standard InChI is InChI=1S/C15H20N2O4S/c1-5-14(12-6-8-13(20-4)9-7-12)17-22(18,19)15-10(2)16-21-11(15)3/h6-9,14,17H,5H2,1-4H3/t14-/m1/s1. The van der Waals surface area contributed by atoms with Crippen LogP contribution in [-0.4, -0.2) is 20.7 Å². The zero-order valence-corrected chi connectivity index (χ0v) is 13.9. The Bertz CT molecular complexity index is 716.